The minimum Gasteiger partial charge on any atom is -0.495 e. The van der Waals surface area contributed by atoms with E-state index in [9.17, 15) is 9.59 Å². The van der Waals surface area contributed by atoms with E-state index in [1.165, 1.54) is 20.1 Å². The van der Waals surface area contributed by atoms with Crippen molar-refractivity contribution < 1.29 is 14.3 Å². The van der Waals surface area contributed by atoms with Crippen molar-refractivity contribution in [3.05, 3.63) is 23.8 Å². The molecule has 0 aliphatic heterocycles. The number of amides is 2. The van der Waals surface area contributed by atoms with Crippen LogP contribution in [0, 0.1) is 11.3 Å². The van der Waals surface area contributed by atoms with E-state index in [1.807, 2.05) is 6.07 Å². The standard InChI is InChI=1S/C13H15N3O3S/c1-8(17)15-11(7-20)13(18)16-10-4-3-9(6-14)5-12(10)19-2/h3-5,11,20H,7H2,1-2H3,(H,15,17)(H,16,18). The van der Waals surface area contributed by atoms with Crippen LogP contribution in [0.3, 0.4) is 0 Å². The van der Waals surface area contributed by atoms with E-state index in [1.54, 1.807) is 12.1 Å². The van der Waals surface area contributed by atoms with Crippen LogP contribution in [0.2, 0.25) is 0 Å². The summed E-state index contributed by atoms with van der Waals surface area (Å²) in [4.78, 5) is 23.0. The summed E-state index contributed by atoms with van der Waals surface area (Å²) in [6.45, 7) is 1.33. The lowest BCUT2D eigenvalue weighted by Gasteiger charge is -2.16. The second-order valence-corrected chi connectivity index (χ2v) is 4.32. The van der Waals surface area contributed by atoms with Crippen molar-refractivity contribution in [2.45, 2.75) is 13.0 Å². The van der Waals surface area contributed by atoms with E-state index in [0.717, 1.165) is 0 Å². The first-order valence-corrected chi connectivity index (χ1v) is 6.42. The molecule has 0 heterocycles. The molecule has 1 atom stereocenters. The topological polar surface area (TPSA) is 91.2 Å². The Balaban J connectivity index is 2.89. The number of nitrogens with zero attached hydrogens (tertiary/aromatic N) is 1. The summed E-state index contributed by atoms with van der Waals surface area (Å²) in [6.07, 6.45) is 0. The number of carbonyl (C=O) groups excluding carboxylic acids is 2. The van der Waals surface area contributed by atoms with Gasteiger partial charge in [0, 0.05) is 18.7 Å². The van der Waals surface area contributed by atoms with Gasteiger partial charge in [-0.2, -0.15) is 17.9 Å². The molecule has 0 saturated carbocycles. The van der Waals surface area contributed by atoms with Gasteiger partial charge in [-0.3, -0.25) is 9.59 Å². The number of hydrogen-bond donors (Lipinski definition) is 3. The Kier molecular flexibility index (Phi) is 5.87. The number of rotatable bonds is 5. The molecule has 0 spiro atoms. The van der Waals surface area contributed by atoms with Gasteiger partial charge >= 0.3 is 0 Å². The molecule has 2 N–H and O–H groups in total. The van der Waals surface area contributed by atoms with Crippen LogP contribution in [0.25, 0.3) is 0 Å². The molecule has 6 nitrogen and oxygen atoms in total. The van der Waals surface area contributed by atoms with Crippen molar-refractivity contribution in [3.63, 3.8) is 0 Å². The quantitative estimate of drug-likeness (QED) is 0.705. The highest BCUT2D eigenvalue weighted by atomic mass is 32.1. The number of thiol groups is 1. The third kappa shape index (κ3) is 4.17. The van der Waals surface area contributed by atoms with Crippen LogP contribution in [0.15, 0.2) is 18.2 Å². The van der Waals surface area contributed by atoms with Crippen molar-refractivity contribution in [2.75, 3.05) is 18.2 Å². The molecule has 7 heteroatoms. The third-order valence-corrected chi connectivity index (χ3v) is 2.83. The van der Waals surface area contributed by atoms with Crippen LogP contribution in [-0.2, 0) is 9.59 Å². The maximum Gasteiger partial charge on any atom is 0.247 e. The Morgan fingerprint density at radius 3 is 2.70 bits per heavy atom. The second kappa shape index (κ2) is 7.40. The first-order chi connectivity index (χ1) is 9.51. The van der Waals surface area contributed by atoms with Crippen LogP contribution in [-0.4, -0.2) is 30.7 Å². The first kappa shape index (κ1) is 15.9. The van der Waals surface area contributed by atoms with E-state index in [-0.39, 0.29) is 11.7 Å². The Morgan fingerprint density at radius 2 is 2.20 bits per heavy atom. The SMILES string of the molecule is COc1cc(C#N)ccc1NC(=O)C(CS)NC(C)=O. The Bertz CT molecular complexity index is 554. The van der Waals surface area contributed by atoms with Crippen LogP contribution >= 0.6 is 12.6 Å². The van der Waals surface area contributed by atoms with Crippen molar-refractivity contribution >= 4 is 30.1 Å². The first-order valence-electron chi connectivity index (χ1n) is 5.78. The Morgan fingerprint density at radius 1 is 1.50 bits per heavy atom. The fraction of sp³-hybridized carbons (Fsp3) is 0.308. The van der Waals surface area contributed by atoms with Crippen molar-refractivity contribution in [1.82, 2.24) is 5.32 Å². The minimum atomic E-state index is -0.740. The normalized spacial score (nSPS) is 11.1. The fourth-order valence-electron chi connectivity index (χ4n) is 1.52. The van der Waals surface area contributed by atoms with Gasteiger partial charge in [0.1, 0.15) is 11.8 Å². The molecule has 2 amide bonds. The maximum atomic E-state index is 12.0. The van der Waals surface area contributed by atoms with Gasteiger partial charge in [-0.15, -0.1) is 0 Å². The number of ether oxygens (including phenoxy) is 1. The molecule has 0 aliphatic carbocycles. The Hall–Kier alpha value is -2.20. The van der Waals surface area contributed by atoms with Gasteiger partial charge in [0.15, 0.2) is 0 Å². The summed E-state index contributed by atoms with van der Waals surface area (Å²) < 4.78 is 5.11. The molecular formula is C13H15N3O3S. The van der Waals surface area contributed by atoms with Gasteiger partial charge in [-0.1, -0.05) is 0 Å². The largest absolute Gasteiger partial charge is 0.495 e. The van der Waals surface area contributed by atoms with Crippen molar-refractivity contribution in [3.8, 4) is 11.8 Å². The lowest BCUT2D eigenvalue weighted by molar-refractivity contribution is -0.124. The van der Waals surface area contributed by atoms with Gasteiger partial charge in [0.05, 0.1) is 24.4 Å². The maximum absolute atomic E-state index is 12.0. The van der Waals surface area contributed by atoms with Crippen molar-refractivity contribution in [1.29, 1.82) is 5.26 Å². The molecule has 20 heavy (non-hydrogen) atoms. The zero-order chi connectivity index (χ0) is 15.1. The molecular weight excluding hydrogens is 278 g/mol. The van der Waals surface area contributed by atoms with Gasteiger partial charge in [0.25, 0.3) is 0 Å². The number of hydrogen-bond acceptors (Lipinski definition) is 5. The van der Waals surface area contributed by atoms with Gasteiger partial charge in [-0.25, -0.2) is 0 Å². The van der Waals surface area contributed by atoms with Crippen molar-refractivity contribution in [2.24, 2.45) is 0 Å². The number of nitrogens with one attached hydrogen (secondary N) is 2. The van der Waals surface area contributed by atoms with E-state index < -0.39 is 11.9 Å². The molecule has 0 aromatic heterocycles. The Labute approximate surface area is 122 Å². The summed E-state index contributed by atoms with van der Waals surface area (Å²) in [7, 11) is 1.44. The zero-order valence-corrected chi connectivity index (χ0v) is 12.0. The molecule has 1 rings (SSSR count). The summed E-state index contributed by atoms with van der Waals surface area (Å²) in [5.41, 5.74) is 0.848. The van der Waals surface area contributed by atoms with E-state index >= 15 is 0 Å². The molecule has 0 fully saturated rings. The molecule has 0 bridgehead atoms. The fourth-order valence-corrected chi connectivity index (χ4v) is 1.78. The van der Waals surface area contributed by atoms with Crippen LogP contribution < -0.4 is 15.4 Å². The number of carbonyl (C=O) groups is 2. The smallest absolute Gasteiger partial charge is 0.247 e. The monoisotopic (exact) mass is 293 g/mol. The lowest BCUT2D eigenvalue weighted by atomic mass is 10.2. The average Bonchev–Trinajstić information content (AvgIpc) is 2.44. The highest BCUT2D eigenvalue weighted by Gasteiger charge is 2.19. The van der Waals surface area contributed by atoms with E-state index in [4.69, 9.17) is 10.00 Å². The highest BCUT2D eigenvalue weighted by Crippen LogP contribution is 2.25. The average molecular weight is 293 g/mol. The van der Waals surface area contributed by atoms with Gasteiger partial charge in [-0.05, 0) is 12.1 Å². The molecule has 1 unspecified atom stereocenters. The molecule has 0 radical (unpaired) electrons. The second-order valence-electron chi connectivity index (χ2n) is 3.95. The summed E-state index contributed by atoms with van der Waals surface area (Å²) in [5.74, 6) is -0.174. The predicted molar refractivity (Wildman–Crippen MR) is 77.8 cm³/mol. The van der Waals surface area contributed by atoms with Crippen LogP contribution in [0.1, 0.15) is 12.5 Å². The van der Waals surface area contributed by atoms with Crippen LogP contribution in [0.4, 0.5) is 5.69 Å². The third-order valence-electron chi connectivity index (χ3n) is 2.47. The summed E-state index contributed by atoms with van der Waals surface area (Å²) in [5, 5.41) is 13.9. The number of anilines is 1. The number of nitriles is 1. The molecule has 0 aliphatic rings. The molecule has 1 aromatic rings. The van der Waals surface area contributed by atoms with Gasteiger partial charge in [0.2, 0.25) is 11.8 Å². The number of methoxy groups -OCH3 is 1. The summed E-state index contributed by atoms with van der Waals surface area (Å²) >= 11 is 4.03. The predicted octanol–water partition coefficient (Wildman–Crippen LogP) is 0.940. The molecule has 1 aromatic carbocycles. The van der Waals surface area contributed by atoms with Crippen LogP contribution in [0.5, 0.6) is 5.75 Å². The molecule has 0 saturated heterocycles. The number of benzene rings is 1. The summed E-state index contributed by atoms with van der Waals surface area (Å²) in [6, 6.07) is 5.89. The van der Waals surface area contributed by atoms with Gasteiger partial charge < -0.3 is 15.4 Å². The minimum absolute atomic E-state index is 0.171. The lowest BCUT2D eigenvalue weighted by Crippen LogP contribution is -2.44. The highest BCUT2D eigenvalue weighted by molar-refractivity contribution is 7.80. The van der Waals surface area contributed by atoms with E-state index in [0.29, 0.717) is 17.0 Å². The van der Waals surface area contributed by atoms with E-state index in [2.05, 4.69) is 23.3 Å². The zero-order valence-electron chi connectivity index (χ0n) is 11.1. The molecule has 106 valence electrons.